The topological polar surface area (TPSA) is 35.6 Å². The van der Waals surface area contributed by atoms with Gasteiger partial charge < -0.3 is 10.2 Å². The number of amides is 1. The third kappa shape index (κ3) is 5.63. The summed E-state index contributed by atoms with van der Waals surface area (Å²) in [5, 5.41) is 2.76. The molecule has 7 heteroatoms. The summed E-state index contributed by atoms with van der Waals surface area (Å²) in [5.74, 6) is -1.61. The number of carbonyl (C=O) groups excluding carboxylic acids is 1. The molecule has 25 heavy (non-hydrogen) atoms. The number of nitrogens with one attached hydrogen (secondary N) is 1. The second-order valence-electron chi connectivity index (χ2n) is 6.38. The summed E-state index contributed by atoms with van der Waals surface area (Å²) in [6, 6.07) is 7.51. The number of likely N-dealkylation sites (tertiary alicyclic amines) is 1. The number of hydrogen-bond acceptors (Lipinski definition) is 3. The van der Waals surface area contributed by atoms with Crippen LogP contribution in [0.5, 0.6) is 0 Å². The highest BCUT2D eigenvalue weighted by Crippen LogP contribution is 2.33. The van der Waals surface area contributed by atoms with E-state index in [-0.39, 0.29) is 25.4 Å². The Morgan fingerprint density at radius 2 is 1.88 bits per heavy atom. The molecule has 1 fully saturated rings. The predicted molar refractivity (Wildman–Crippen MR) is 93.9 cm³/mol. The van der Waals surface area contributed by atoms with Crippen molar-refractivity contribution in [1.29, 1.82) is 0 Å². The van der Waals surface area contributed by atoms with Gasteiger partial charge in [0.1, 0.15) is 0 Å². The van der Waals surface area contributed by atoms with Crippen molar-refractivity contribution in [3.05, 3.63) is 24.3 Å². The molecule has 1 saturated heterocycles. The van der Waals surface area contributed by atoms with Gasteiger partial charge in [-0.05, 0) is 57.5 Å². The first kappa shape index (κ1) is 19.6. The van der Waals surface area contributed by atoms with Crippen molar-refractivity contribution in [1.82, 2.24) is 4.90 Å². The lowest BCUT2D eigenvalue weighted by Gasteiger charge is -2.33. The molecule has 0 aromatic heterocycles. The maximum Gasteiger partial charge on any atom is 0.393 e. The van der Waals surface area contributed by atoms with Gasteiger partial charge in [-0.1, -0.05) is 0 Å². The molecule has 4 nitrogen and oxygen atoms in total. The molecule has 1 amide bonds. The molecule has 0 bridgehead atoms. The quantitative estimate of drug-likeness (QED) is 0.842. The van der Waals surface area contributed by atoms with E-state index in [0.29, 0.717) is 18.7 Å². The number of benzene rings is 1. The van der Waals surface area contributed by atoms with E-state index in [1.54, 1.807) is 4.90 Å². The van der Waals surface area contributed by atoms with E-state index in [1.807, 2.05) is 24.3 Å². The number of halogens is 3. The molecule has 0 spiro atoms. The fourth-order valence-corrected chi connectivity index (χ4v) is 3.21. The van der Waals surface area contributed by atoms with Crippen LogP contribution in [0.4, 0.5) is 24.5 Å². The van der Waals surface area contributed by atoms with Gasteiger partial charge in [0.2, 0.25) is 5.91 Å². The van der Waals surface area contributed by atoms with Crippen LogP contribution in [-0.2, 0) is 4.79 Å². The van der Waals surface area contributed by atoms with Crippen LogP contribution in [0.3, 0.4) is 0 Å². The third-order valence-corrected chi connectivity index (χ3v) is 4.62. The zero-order chi connectivity index (χ0) is 18.4. The van der Waals surface area contributed by atoms with Crippen molar-refractivity contribution >= 4 is 17.3 Å². The van der Waals surface area contributed by atoms with Gasteiger partial charge in [-0.2, -0.15) is 13.2 Å². The van der Waals surface area contributed by atoms with Gasteiger partial charge in [0.25, 0.3) is 0 Å². The number of alkyl halides is 3. The highest BCUT2D eigenvalue weighted by Gasteiger charge is 2.41. The maximum atomic E-state index is 12.8. The summed E-state index contributed by atoms with van der Waals surface area (Å²) in [6.45, 7) is 6.37. The van der Waals surface area contributed by atoms with Gasteiger partial charge in [-0.15, -0.1) is 0 Å². The molecule has 140 valence electrons. The lowest BCUT2D eigenvalue weighted by molar-refractivity contribution is -0.186. The minimum Gasteiger partial charge on any atom is -0.372 e. The maximum absolute atomic E-state index is 12.8. The Balaban J connectivity index is 1.87. The van der Waals surface area contributed by atoms with Crippen LogP contribution < -0.4 is 10.2 Å². The fraction of sp³-hybridized carbons (Fsp3) is 0.611. The van der Waals surface area contributed by atoms with Crippen molar-refractivity contribution in [3.63, 3.8) is 0 Å². The zero-order valence-electron chi connectivity index (χ0n) is 14.8. The van der Waals surface area contributed by atoms with E-state index in [2.05, 4.69) is 24.1 Å². The van der Waals surface area contributed by atoms with E-state index in [1.165, 1.54) is 0 Å². The third-order valence-electron chi connectivity index (χ3n) is 4.62. The molecule has 1 aliphatic rings. The van der Waals surface area contributed by atoms with Gasteiger partial charge in [0, 0.05) is 31.0 Å². The standard InChI is InChI=1S/C18H26F3N3O/c1-3-24(4-2)16-9-7-15(8-10-16)22-17(25)13-23-11-5-6-14(12-23)18(19,20)21/h7-10,14H,3-6,11-13H2,1-2H3,(H,22,25)/t14-/m1/s1. The van der Waals surface area contributed by atoms with E-state index >= 15 is 0 Å². The lowest BCUT2D eigenvalue weighted by Crippen LogP contribution is -2.44. The summed E-state index contributed by atoms with van der Waals surface area (Å²) >= 11 is 0. The van der Waals surface area contributed by atoms with E-state index in [9.17, 15) is 18.0 Å². The van der Waals surface area contributed by atoms with Crippen LogP contribution in [0.2, 0.25) is 0 Å². The number of rotatable bonds is 6. The number of nitrogens with zero attached hydrogens (tertiary/aromatic N) is 2. The van der Waals surface area contributed by atoms with E-state index in [0.717, 1.165) is 18.8 Å². The largest absolute Gasteiger partial charge is 0.393 e. The average Bonchev–Trinajstić information content (AvgIpc) is 2.57. The van der Waals surface area contributed by atoms with Crippen molar-refractivity contribution in [2.45, 2.75) is 32.9 Å². The molecule has 1 atom stereocenters. The van der Waals surface area contributed by atoms with Gasteiger partial charge in [-0.3, -0.25) is 9.69 Å². The van der Waals surface area contributed by atoms with E-state index < -0.39 is 12.1 Å². The number of hydrogen-bond donors (Lipinski definition) is 1. The summed E-state index contributed by atoms with van der Waals surface area (Å²) < 4.78 is 38.5. The van der Waals surface area contributed by atoms with Gasteiger partial charge in [0.15, 0.2) is 0 Å². The first-order valence-corrected chi connectivity index (χ1v) is 8.77. The van der Waals surface area contributed by atoms with Crippen LogP contribution in [-0.4, -0.2) is 49.7 Å². The second-order valence-corrected chi connectivity index (χ2v) is 6.38. The zero-order valence-corrected chi connectivity index (χ0v) is 14.8. The predicted octanol–water partition coefficient (Wildman–Crippen LogP) is 3.75. The minimum absolute atomic E-state index is 0.00955. The molecule has 1 aromatic carbocycles. The molecule has 1 aromatic rings. The average molecular weight is 357 g/mol. The fourth-order valence-electron chi connectivity index (χ4n) is 3.21. The molecule has 0 aliphatic carbocycles. The van der Waals surface area contributed by atoms with Crippen molar-refractivity contribution in [2.24, 2.45) is 5.92 Å². The van der Waals surface area contributed by atoms with Crippen molar-refractivity contribution < 1.29 is 18.0 Å². The summed E-state index contributed by atoms with van der Waals surface area (Å²) in [6.07, 6.45) is -3.57. The minimum atomic E-state index is -4.19. The van der Waals surface area contributed by atoms with Crippen LogP contribution >= 0.6 is 0 Å². The molecule has 0 radical (unpaired) electrons. The van der Waals surface area contributed by atoms with Crippen LogP contribution in [0.15, 0.2) is 24.3 Å². The van der Waals surface area contributed by atoms with Gasteiger partial charge in [0.05, 0.1) is 12.5 Å². The smallest absolute Gasteiger partial charge is 0.372 e. The van der Waals surface area contributed by atoms with Crippen LogP contribution in [0.1, 0.15) is 26.7 Å². The molecule has 1 heterocycles. The first-order valence-electron chi connectivity index (χ1n) is 8.77. The lowest BCUT2D eigenvalue weighted by atomic mass is 9.97. The second kappa shape index (κ2) is 8.56. The van der Waals surface area contributed by atoms with E-state index in [4.69, 9.17) is 0 Å². The first-order chi connectivity index (χ1) is 11.8. The molecule has 1 aliphatic heterocycles. The van der Waals surface area contributed by atoms with Gasteiger partial charge >= 0.3 is 6.18 Å². The van der Waals surface area contributed by atoms with Crippen LogP contribution in [0.25, 0.3) is 0 Å². The number of carbonyl (C=O) groups is 1. The Hall–Kier alpha value is -1.76. The Kier molecular flexibility index (Phi) is 6.70. The SMILES string of the molecule is CCN(CC)c1ccc(NC(=O)CN2CCC[C@@H](C(F)(F)F)C2)cc1. The summed E-state index contributed by atoms with van der Waals surface area (Å²) in [5.41, 5.74) is 1.73. The highest BCUT2D eigenvalue weighted by molar-refractivity contribution is 5.92. The molecule has 0 unspecified atom stereocenters. The van der Waals surface area contributed by atoms with Crippen molar-refractivity contribution in [3.8, 4) is 0 Å². The summed E-state index contributed by atoms with van der Waals surface area (Å²) in [4.78, 5) is 15.9. The molecule has 1 N–H and O–H groups in total. The van der Waals surface area contributed by atoms with Crippen molar-refractivity contribution in [2.75, 3.05) is 42.9 Å². The summed E-state index contributed by atoms with van der Waals surface area (Å²) in [7, 11) is 0. The monoisotopic (exact) mass is 357 g/mol. The molecule has 0 saturated carbocycles. The molecular formula is C18H26F3N3O. The Morgan fingerprint density at radius 1 is 1.24 bits per heavy atom. The normalized spacial score (nSPS) is 18.8. The molecular weight excluding hydrogens is 331 g/mol. The van der Waals surface area contributed by atoms with Crippen LogP contribution in [0, 0.1) is 5.92 Å². The highest BCUT2D eigenvalue weighted by atomic mass is 19.4. The van der Waals surface area contributed by atoms with Gasteiger partial charge in [-0.25, -0.2) is 0 Å². The Bertz CT molecular complexity index is 556. The molecule has 2 rings (SSSR count). The Labute approximate surface area is 147 Å². The Morgan fingerprint density at radius 3 is 2.44 bits per heavy atom. The number of anilines is 2. The number of piperidine rings is 1.